The van der Waals surface area contributed by atoms with Gasteiger partial charge in [-0.2, -0.15) is 0 Å². The van der Waals surface area contributed by atoms with Gasteiger partial charge in [-0.25, -0.2) is 4.79 Å². The summed E-state index contributed by atoms with van der Waals surface area (Å²) in [6, 6.07) is 10.6. The number of rotatable bonds is 7. The molecule has 0 aliphatic rings. The molecule has 0 aliphatic carbocycles. The minimum Gasteiger partial charge on any atom is -0.479 e. The Balaban J connectivity index is 1.88. The summed E-state index contributed by atoms with van der Waals surface area (Å²) in [5.74, 6) is 0.715. The number of fused-ring (bicyclic) bond motifs is 1. The first-order chi connectivity index (χ1) is 13.9. The monoisotopic (exact) mass is 396 g/mol. The second kappa shape index (κ2) is 8.82. The second-order valence-corrected chi connectivity index (χ2v) is 6.72. The maximum atomic E-state index is 12.8. The number of carbonyl (C=O) groups is 1. The van der Waals surface area contributed by atoms with Gasteiger partial charge < -0.3 is 18.6 Å². The van der Waals surface area contributed by atoms with Crippen LogP contribution in [0.2, 0.25) is 0 Å². The molecular formula is C23H24O6. The zero-order valence-electron chi connectivity index (χ0n) is 17.0. The summed E-state index contributed by atoms with van der Waals surface area (Å²) in [6.07, 6.45) is 1.04. The summed E-state index contributed by atoms with van der Waals surface area (Å²) < 4.78 is 22.1. The Bertz CT molecular complexity index is 1080. The van der Waals surface area contributed by atoms with Crippen LogP contribution in [0.15, 0.2) is 51.9 Å². The van der Waals surface area contributed by atoms with Crippen molar-refractivity contribution < 1.29 is 23.4 Å². The summed E-state index contributed by atoms with van der Waals surface area (Å²) in [4.78, 5) is 24.7. The highest BCUT2D eigenvalue weighted by atomic mass is 16.6. The molecule has 0 radical (unpaired) electrons. The third-order valence-corrected chi connectivity index (χ3v) is 4.48. The SMILES string of the molecule is CCOC(=O)[C@H](CC)Oc1ccc2c(=O)c(Oc3cc(C)ccc3C)coc2c1. The molecule has 0 spiro atoms. The molecule has 1 aromatic heterocycles. The zero-order valence-corrected chi connectivity index (χ0v) is 17.0. The molecule has 152 valence electrons. The fourth-order valence-electron chi connectivity index (χ4n) is 2.87. The highest BCUT2D eigenvalue weighted by Gasteiger charge is 2.20. The van der Waals surface area contributed by atoms with Crippen molar-refractivity contribution in [1.82, 2.24) is 0 Å². The van der Waals surface area contributed by atoms with Gasteiger partial charge >= 0.3 is 5.97 Å². The minimum absolute atomic E-state index is 0.109. The minimum atomic E-state index is -0.717. The molecule has 3 rings (SSSR count). The van der Waals surface area contributed by atoms with E-state index in [-0.39, 0.29) is 17.8 Å². The van der Waals surface area contributed by atoms with Crippen molar-refractivity contribution in [3.63, 3.8) is 0 Å². The number of esters is 1. The van der Waals surface area contributed by atoms with E-state index < -0.39 is 12.1 Å². The number of benzene rings is 2. The third kappa shape index (κ3) is 4.59. The van der Waals surface area contributed by atoms with Crippen LogP contribution in [0.25, 0.3) is 11.0 Å². The van der Waals surface area contributed by atoms with Crippen LogP contribution < -0.4 is 14.9 Å². The number of aryl methyl sites for hydroxylation is 2. The van der Waals surface area contributed by atoms with E-state index in [1.165, 1.54) is 6.26 Å². The lowest BCUT2D eigenvalue weighted by atomic mass is 10.1. The summed E-state index contributed by atoms with van der Waals surface area (Å²) in [6.45, 7) is 7.73. The number of hydrogen-bond donors (Lipinski definition) is 0. The molecule has 6 nitrogen and oxygen atoms in total. The van der Waals surface area contributed by atoms with Crippen molar-refractivity contribution in [2.75, 3.05) is 6.61 Å². The van der Waals surface area contributed by atoms with E-state index in [1.54, 1.807) is 25.1 Å². The van der Waals surface area contributed by atoms with Gasteiger partial charge in [0.05, 0.1) is 12.0 Å². The van der Waals surface area contributed by atoms with Crippen LogP contribution in [0.3, 0.4) is 0 Å². The lowest BCUT2D eigenvalue weighted by Gasteiger charge is -2.16. The van der Waals surface area contributed by atoms with Crippen molar-refractivity contribution in [2.45, 2.75) is 40.2 Å². The van der Waals surface area contributed by atoms with Gasteiger partial charge in [0, 0.05) is 6.07 Å². The topological polar surface area (TPSA) is 75.0 Å². The largest absolute Gasteiger partial charge is 0.479 e. The Morgan fingerprint density at radius 3 is 2.59 bits per heavy atom. The molecule has 2 aromatic carbocycles. The molecule has 1 heterocycles. The van der Waals surface area contributed by atoms with Crippen LogP contribution >= 0.6 is 0 Å². The number of ether oxygens (including phenoxy) is 3. The van der Waals surface area contributed by atoms with E-state index in [2.05, 4.69) is 0 Å². The maximum absolute atomic E-state index is 12.8. The zero-order chi connectivity index (χ0) is 21.0. The first-order valence-electron chi connectivity index (χ1n) is 9.56. The van der Waals surface area contributed by atoms with E-state index in [1.807, 2.05) is 39.0 Å². The van der Waals surface area contributed by atoms with Crippen molar-refractivity contribution in [2.24, 2.45) is 0 Å². The van der Waals surface area contributed by atoms with Gasteiger partial charge in [-0.3, -0.25) is 4.79 Å². The Morgan fingerprint density at radius 1 is 1.07 bits per heavy atom. The average molecular weight is 396 g/mol. The average Bonchev–Trinajstić information content (AvgIpc) is 2.71. The second-order valence-electron chi connectivity index (χ2n) is 6.72. The smallest absolute Gasteiger partial charge is 0.347 e. The maximum Gasteiger partial charge on any atom is 0.347 e. The van der Waals surface area contributed by atoms with Crippen molar-refractivity contribution >= 4 is 16.9 Å². The molecule has 6 heteroatoms. The highest BCUT2D eigenvalue weighted by molar-refractivity contribution is 5.79. The molecule has 0 fully saturated rings. The fourth-order valence-corrected chi connectivity index (χ4v) is 2.87. The molecule has 29 heavy (non-hydrogen) atoms. The van der Waals surface area contributed by atoms with Crippen LogP contribution in [0.1, 0.15) is 31.4 Å². The molecular weight excluding hydrogens is 372 g/mol. The van der Waals surface area contributed by atoms with Crippen molar-refractivity contribution in [3.8, 4) is 17.2 Å². The summed E-state index contributed by atoms with van der Waals surface area (Å²) >= 11 is 0. The highest BCUT2D eigenvalue weighted by Crippen LogP contribution is 2.27. The first-order valence-corrected chi connectivity index (χ1v) is 9.56. The standard InChI is InChI=1S/C23H24O6/c1-5-18(23(25)26-6-2)28-16-9-10-17-20(12-16)27-13-21(22(17)24)29-19-11-14(3)7-8-15(19)4/h7-13,18H,5-6H2,1-4H3/t18-/m0/s1. The molecule has 0 amide bonds. The van der Waals surface area contributed by atoms with Gasteiger partial charge in [0.25, 0.3) is 0 Å². The molecule has 0 aliphatic heterocycles. The molecule has 1 atom stereocenters. The summed E-state index contributed by atoms with van der Waals surface area (Å²) in [5.41, 5.74) is 2.02. The van der Waals surface area contributed by atoms with Gasteiger partial charge in [-0.05, 0) is 56.5 Å². The van der Waals surface area contributed by atoms with Gasteiger partial charge in [0.1, 0.15) is 23.3 Å². The van der Waals surface area contributed by atoms with Crippen LogP contribution in [0, 0.1) is 13.8 Å². The molecule has 0 saturated heterocycles. The molecule has 0 N–H and O–H groups in total. The van der Waals surface area contributed by atoms with Crippen LogP contribution in [0.4, 0.5) is 0 Å². The normalized spacial score (nSPS) is 11.9. The lowest BCUT2D eigenvalue weighted by Crippen LogP contribution is -2.28. The fraction of sp³-hybridized carbons (Fsp3) is 0.304. The van der Waals surface area contributed by atoms with E-state index >= 15 is 0 Å². The summed E-state index contributed by atoms with van der Waals surface area (Å²) in [5, 5.41) is 0.365. The Kier molecular flexibility index (Phi) is 6.22. The van der Waals surface area contributed by atoms with E-state index in [9.17, 15) is 9.59 Å². The molecule has 3 aromatic rings. The van der Waals surface area contributed by atoms with E-state index in [4.69, 9.17) is 18.6 Å². The van der Waals surface area contributed by atoms with E-state index in [0.29, 0.717) is 28.9 Å². The van der Waals surface area contributed by atoms with Crippen LogP contribution in [-0.2, 0) is 9.53 Å². The van der Waals surface area contributed by atoms with Gasteiger partial charge in [-0.1, -0.05) is 19.1 Å². The lowest BCUT2D eigenvalue weighted by molar-refractivity contribution is -0.151. The quantitative estimate of drug-likeness (QED) is 0.528. The molecule has 0 bridgehead atoms. The van der Waals surface area contributed by atoms with Crippen LogP contribution in [0.5, 0.6) is 17.2 Å². The third-order valence-electron chi connectivity index (χ3n) is 4.48. The molecule has 0 saturated carbocycles. The van der Waals surface area contributed by atoms with Gasteiger partial charge in [0.15, 0.2) is 6.10 Å². The molecule has 0 unspecified atom stereocenters. The predicted molar refractivity (Wildman–Crippen MR) is 110 cm³/mol. The van der Waals surface area contributed by atoms with Gasteiger partial charge in [0.2, 0.25) is 11.2 Å². The Labute approximate surface area is 169 Å². The Hall–Kier alpha value is -3.28. The summed E-state index contributed by atoms with van der Waals surface area (Å²) in [7, 11) is 0. The number of hydrogen-bond acceptors (Lipinski definition) is 6. The number of carbonyl (C=O) groups excluding carboxylic acids is 1. The predicted octanol–water partition coefficient (Wildman–Crippen LogP) is 4.92. The van der Waals surface area contributed by atoms with Gasteiger partial charge in [-0.15, -0.1) is 0 Å². The first kappa shape index (κ1) is 20.5. The van der Waals surface area contributed by atoms with Crippen LogP contribution in [-0.4, -0.2) is 18.7 Å². The van der Waals surface area contributed by atoms with Crippen molar-refractivity contribution in [3.05, 3.63) is 64.0 Å². The Morgan fingerprint density at radius 2 is 1.86 bits per heavy atom. The van der Waals surface area contributed by atoms with Crippen molar-refractivity contribution in [1.29, 1.82) is 0 Å². The van der Waals surface area contributed by atoms with E-state index in [0.717, 1.165) is 11.1 Å².